The maximum Gasteiger partial charge on any atom is 0.219 e. The van der Waals surface area contributed by atoms with Gasteiger partial charge >= 0.3 is 0 Å². The number of hydrogen-bond donors (Lipinski definition) is 0. The average molecular weight is 282 g/mol. The summed E-state index contributed by atoms with van der Waals surface area (Å²) in [6, 6.07) is 14.4. The van der Waals surface area contributed by atoms with Crippen molar-refractivity contribution in [3.8, 4) is 11.6 Å². The lowest BCUT2D eigenvalue weighted by Gasteiger charge is -2.35. The zero-order valence-electron chi connectivity index (χ0n) is 12.5. The Kier molecular flexibility index (Phi) is 4.51. The van der Waals surface area contributed by atoms with E-state index in [0.29, 0.717) is 11.9 Å². The SMILES string of the molecule is CCN1CCCC[C@H]1c1ccc(Oc2ccccc2)nc1. The van der Waals surface area contributed by atoms with Crippen LogP contribution in [0.3, 0.4) is 0 Å². The van der Waals surface area contributed by atoms with Crippen LogP contribution >= 0.6 is 0 Å². The largest absolute Gasteiger partial charge is 0.439 e. The summed E-state index contributed by atoms with van der Waals surface area (Å²) in [5.74, 6) is 1.48. The van der Waals surface area contributed by atoms with Crippen molar-refractivity contribution < 1.29 is 4.74 Å². The second-order valence-electron chi connectivity index (χ2n) is 5.49. The van der Waals surface area contributed by atoms with Crippen LogP contribution in [-0.2, 0) is 0 Å². The molecule has 2 aromatic rings. The third kappa shape index (κ3) is 3.42. The van der Waals surface area contributed by atoms with Gasteiger partial charge in [-0.3, -0.25) is 4.90 Å². The highest BCUT2D eigenvalue weighted by Gasteiger charge is 2.22. The van der Waals surface area contributed by atoms with Crippen molar-refractivity contribution in [2.45, 2.75) is 32.2 Å². The molecule has 3 nitrogen and oxygen atoms in total. The third-order valence-corrected chi connectivity index (χ3v) is 4.13. The molecule has 0 saturated carbocycles. The Labute approximate surface area is 126 Å². The predicted octanol–water partition coefficient (Wildman–Crippen LogP) is 4.42. The normalized spacial score (nSPS) is 19.4. The molecule has 0 radical (unpaired) electrons. The van der Waals surface area contributed by atoms with Crippen molar-refractivity contribution in [1.29, 1.82) is 0 Å². The van der Waals surface area contributed by atoms with E-state index < -0.39 is 0 Å². The number of aromatic nitrogens is 1. The third-order valence-electron chi connectivity index (χ3n) is 4.13. The molecule has 3 heteroatoms. The number of pyridine rings is 1. The topological polar surface area (TPSA) is 25.4 Å². The van der Waals surface area contributed by atoms with Crippen LogP contribution in [0.4, 0.5) is 0 Å². The van der Waals surface area contributed by atoms with Crippen LogP contribution < -0.4 is 4.74 Å². The van der Waals surface area contributed by atoms with Crippen LogP contribution in [0.15, 0.2) is 48.7 Å². The molecule has 1 aromatic carbocycles. The summed E-state index contributed by atoms with van der Waals surface area (Å²) in [6.07, 6.45) is 5.82. The number of piperidine rings is 1. The minimum absolute atomic E-state index is 0.516. The fourth-order valence-electron chi connectivity index (χ4n) is 3.01. The van der Waals surface area contributed by atoms with Gasteiger partial charge in [-0.25, -0.2) is 4.98 Å². The number of para-hydroxylation sites is 1. The number of nitrogens with zero attached hydrogens (tertiary/aromatic N) is 2. The quantitative estimate of drug-likeness (QED) is 0.830. The molecule has 110 valence electrons. The maximum atomic E-state index is 5.75. The van der Waals surface area contributed by atoms with Crippen molar-refractivity contribution in [1.82, 2.24) is 9.88 Å². The molecule has 0 N–H and O–H groups in total. The van der Waals surface area contributed by atoms with Crippen LogP contribution in [0.5, 0.6) is 11.6 Å². The first-order valence-electron chi connectivity index (χ1n) is 7.79. The first-order valence-corrected chi connectivity index (χ1v) is 7.79. The van der Waals surface area contributed by atoms with Gasteiger partial charge in [-0.1, -0.05) is 37.6 Å². The molecule has 0 spiro atoms. The average Bonchev–Trinajstić information content (AvgIpc) is 2.56. The number of hydrogen-bond acceptors (Lipinski definition) is 3. The number of ether oxygens (including phenoxy) is 1. The molecule has 2 heterocycles. The van der Waals surface area contributed by atoms with E-state index in [1.165, 1.54) is 31.4 Å². The Morgan fingerprint density at radius 3 is 2.71 bits per heavy atom. The van der Waals surface area contributed by atoms with Gasteiger partial charge in [0.1, 0.15) is 5.75 Å². The van der Waals surface area contributed by atoms with Gasteiger partial charge in [-0.2, -0.15) is 0 Å². The first kappa shape index (κ1) is 14.1. The first-order chi connectivity index (χ1) is 10.4. The Morgan fingerprint density at radius 2 is 2.00 bits per heavy atom. The smallest absolute Gasteiger partial charge is 0.219 e. The molecule has 1 aliphatic rings. The molecule has 3 rings (SSSR count). The highest BCUT2D eigenvalue weighted by Crippen LogP contribution is 2.31. The highest BCUT2D eigenvalue weighted by molar-refractivity contribution is 5.28. The van der Waals surface area contributed by atoms with Gasteiger partial charge in [0.25, 0.3) is 0 Å². The molecule has 0 aliphatic carbocycles. The molecule has 21 heavy (non-hydrogen) atoms. The molecule has 1 aromatic heterocycles. The van der Waals surface area contributed by atoms with E-state index >= 15 is 0 Å². The monoisotopic (exact) mass is 282 g/mol. The van der Waals surface area contributed by atoms with Gasteiger partial charge in [0, 0.05) is 18.3 Å². The van der Waals surface area contributed by atoms with E-state index in [4.69, 9.17) is 4.74 Å². The van der Waals surface area contributed by atoms with E-state index in [2.05, 4.69) is 22.9 Å². The van der Waals surface area contributed by atoms with E-state index in [-0.39, 0.29) is 0 Å². The van der Waals surface area contributed by atoms with Crippen LogP contribution in [-0.4, -0.2) is 23.0 Å². The number of benzene rings is 1. The Hall–Kier alpha value is -1.87. The summed E-state index contributed by atoms with van der Waals surface area (Å²) < 4.78 is 5.75. The molecule has 1 saturated heterocycles. The molecular formula is C18H22N2O. The van der Waals surface area contributed by atoms with Gasteiger partial charge in [0.2, 0.25) is 5.88 Å². The zero-order chi connectivity index (χ0) is 14.5. The van der Waals surface area contributed by atoms with Crippen molar-refractivity contribution in [3.63, 3.8) is 0 Å². The summed E-state index contributed by atoms with van der Waals surface area (Å²) >= 11 is 0. The standard InChI is InChI=1S/C18H22N2O/c1-2-20-13-7-6-10-17(20)15-11-12-18(19-14-15)21-16-8-4-3-5-9-16/h3-5,8-9,11-12,14,17H,2,6-7,10,13H2,1H3/t17-/m0/s1. The van der Waals surface area contributed by atoms with E-state index in [1.54, 1.807) is 0 Å². The second kappa shape index (κ2) is 6.72. The van der Waals surface area contributed by atoms with Gasteiger partial charge in [-0.15, -0.1) is 0 Å². The van der Waals surface area contributed by atoms with E-state index in [0.717, 1.165) is 12.3 Å². The van der Waals surface area contributed by atoms with Gasteiger partial charge < -0.3 is 4.74 Å². The maximum absolute atomic E-state index is 5.75. The van der Waals surface area contributed by atoms with Crippen molar-refractivity contribution in [2.24, 2.45) is 0 Å². The lowest BCUT2D eigenvalue weighted by atomic mass is 9.96. The van der Waals surface area contributed by atoms with Crippen molar-refractivity contribution >= 4 is 0 Å². The summed E-state index contributed by atoms with van der Waals surface area (Å²) in [4.78, 5) is 7.01. The molecule has 1 atom stereocenters. The lowest BCUT2D eigenvalue weighted by molar-refractivity contribution is 0.157. The lowest BCUT2D eigenvalue weighted by Crippen LogP contribution is -2.33. The molecule has 1 aliphatic heterocycles. The van der Waals surface area contributed by atoms with Gasteiger partial charge in [-0.05, 0) is 43.6 Å². The molecule has 0 unspecified atom stereocenters. The number of likely N-dealkylation sites (tertiary alicyclic amines) is 1. The fraction of sp³-hybridized carbons (Fsp3) is 0.389. The minimum atomic E-state index is 0.516. The minimum Gasteiger partial charge on any atom is -0.439 e. The Bertz CT molecular complexity index is 553. The van der Waals surface area contributed by atoms with Crippen LogP contribution in [0.25, 0.3) is 0 Å². The second-order valence-corrected chi connectivity index (χ2v) is 5.49. The zero-order valence-corrected chi connectivity index (χ0v) is 12.5. The van der Waals surface area contributed by atoms with Crippen LogP contribution in [0.2, 0.25) is 0 Å². The van der Waals surface area contributed by atoms with Gasteiger partial charge in [0.15, 0.2) is 0 Å². The van der Waals surface area contributed by atoms with E-state index in [1.807, 2.05) is 42.6 Å². The Balaban J connectivity index is 1.71. The Morgan fingerprint density at radius 1 is 1.14 bits per heavy atom. The number of rotatable bonds is 4. The molecule has 0 bridgehead atoms. The van der Waals surface area contributed by atoms with E-state index in [9.17, 15) is 0 Å². The molecular weight excluding hydrogens is 260 g/mol. The van der Waals surface area contributed by atoms with Crippen molar-refractivity contribution in [2.75, 3.05) is 13.1 Å². The van der Waals surface area contributed by atoms with Crippen LogP contribution in [0.1, 0.15) is 37.8 Å². The summed E-state index contributed by atoms with van der Waals surface area (Å²) in [5, 5.41) is 0. The summed E-state index contributed by atoms with van der Waals surface area (Å²) in [7, 11) is 0. The van der Waals surface area contributed by atoms with Crippen molar-refractivity contribution in [3.05, 3.63) is 54.2 Å². The molecule has 0 amide bonds. The fourth-order valence-corrected chi connectivity index (χ4v) is 3.01. The highest BCUT2D eigenvalue weighted by atomic mass is 16.5. The molecule has 1 fully saturated rings. The van der Waals surface area contributed by atoms with Crippen LogP contribution in [0, 0.1) is 0 Å². The predicted molar refractivity (Wildman–Crippen MR) is 84.6 cm³/mol. The summed E-state index contributed by atoms with van der Waals surface area (Å²) in [6.45, 7) is 4.54. The van der Waals surface area contributed by atoms with Gasteiger partial charge in [0.05, 0.1) is 0 Å². The summed E-state index contributed by atoms with van der Waals surface area (Å²) in [5.41, 5.74) is 1.30.